The summed E-state index contributed by atoms with van der Waals surface area (Å²) in [5, 5.41) is 27.6. The lowest BCUT2D eigenvalue weighted by Gasteiger charge is -2.25. The number of aliphatic carboxylic acids is 1. The molecule has 0 aliphatic heterocycles. The monoisotopic (exact) mass is 305 g/mol. The van der Waals surface area contributed by atoms with Crippen molar-refractivity contribution < 1.29 is 24.9 Å². The molecule has 0 bridgehead atoms. The van der Waals surface area contributed by atoms with Crippen LogP contribution in [0, 0.1) is 0 Å². The molecule has 0 rings (SSSR count). The van der Waals surface area contributed by atoms with Crippen molar-refractivity contribution in [3.8, 4) is 0 Å². The summed E-state index contributed by atoms with van der Waals surface area (Å²) in [6.07, 6.45) is 6.38. The Kier molecular flexibility index (Phi) is 12.6. The lowest BCUT2D eigenvalue weighted by atomic mass is 10.1. The first-order valence-electron chi connectivity index (χ1n) is 7.82. The van der Waals surface area contributed by atoms with Crippen LogP contribution in [-0.4, -0.2) is 71.7 Å². The molecular weight excluding hydrogens is 274 g/mol. The van der Waals surface area contributed by atoms with Crippen LogP contribution < -0.4 is 0 Å². The van der Waals surface area contributed by atoms with E-state index in [2.05, 4.69) is 6.92 Å². The van der Waals surface area contributed by atoms with Crippen LogP contribution >= 0.6 is 0 Å². The van der Waals surface area contributed by atoms with Crippen LogP contribution in [0.4, 0.5) is 0 Å². The molecule has 2 unspecified atom stereocenters. The van der Waals surface area contributed by atoms with Gasteiger partial charge in [-0.25, -0.2) is 0 Å². The Morgan fingerprint density at radius 1 is 1.19 bits per heavy atom. The Morgan fingerprint density at radius 2 is 1.81 bits per heavy atom. The van der Waals surface area contributed by atoms with Crippen LogP contribution in [-0.2, 0) is 9.53 Å². The third kappa shape index (κ3) is 10.6. The molecule has 0 fully saturated rings. The normalized spacial score (nSPS) is 14.3. The number of hydrogen-bond acceptors (Lipinski definition) is 5. The molecular formula is C15H31NO5. The summed E-state index contributed by atoms with van der Waals surface area (Å²) in [7, 11) is 1.56. The molecule has 0 aromatic heterocycles. The van der Waals surface area contributed by atoms with Gasteiger partial charge in [0.15, 0.2) is 0 Å². The van der Waals surface area contributed by atoms with Crippen molar-refractivity contribution in [3.63, 3.8) is 0 Å². The van der Waals surface area contributed by atoms with E-state index < -0.39 is 24.7 Å². The molecule has 126 valence electrons. The van der Waals surface area contributed by atoms with Crippen molar-refractivity contribution in [2.45, 2.75) is 57.6 Å². The summed E-state index contributed by atoms with van der Waals surface area (Å²) in [6, 6.07) is -0.988. The summed E-state index contributed by atoms with van der Waals surface area (Å²) in [6.45, 7) is 2.69. The largest absolute Gasteiger partial charge is 0.480 e. The zero-order chi connectivity index (χ0) is 16.1. The highest BCUT2D eigenvalue weighted by Crippen LogP contribution is 2.05. The van der Waals surface area contributed by atoms with E-state index in [-0.39, 0.29) is 13.2 Å². The van der Waals surface area contributed by atoms with Gasteiger partial charge in [0.2, 0.25) is 0 Å². The minimum Gasteiger partial charge on any atom is -0.480 e. The summed E-state index contributed by atoms with van der Waals surface area (Å²) < 4.78 is 5.39. The Hall–Kier alpha value is -0.690. The maximum absolute atomic E-state index is 10.8. The van der Waals surface area contributed by atoms with Crippen LogP contribution in [0.3, 0.4) is 0 Å². The van der Waals surface area contributed by atoms with Crippen molar-refractivity contribution in [2.24, 2.45) is 0 Å². The molecule has 0 amide bonds. The lowest BCUT2D eigenvalue weighted by Crippen LogP contribution is -2.45. The molecule has 0 aliphatic rings. The van der Waals surface area contributed by atoms with Gasteiger partial charge in [0.25, 0.3) is 0 Å². The number of carbonyl (C=O) groups is 1. The number of carboxylic acids is 1. The second kappa shape index (κ2) is 13.0. The zero-order valence-electron chi connectivity index (χ0n) is 13.3. The molecule has 0 aromatic rings. The first-order chi connectivity index (χ1) is 10.0. The Bertz CT molecular complexity index is 262. The van der Waals surface area contributed by atoms with Gasteiger partial charge in [-0.3, -0.25) is 9.69 Å². The highest BCUT2D eigenvalue weighted by molar-refractivity contribution is 5.73. The third-order valence-electron chi connectivity index (χ3n) is 3.44. The Labute approximate surface area is 127 Å². The summed E-state index contributed by atoms with van der Waals surface area (Å²) >= 11 is 0. The second-order valence-electron chi connectivity index (χ2n) is 5.47. The van der Waals surface area contributed by atoms with Gasteiger partial charge in [-0.05, 0) is 13.5 Å². The number of unbranched alkanes of at least 4 members (excludes halogenated alkanes) is 5. The molecule has 21 heavy (non-hydrogen) atoms. The minimum atomic E-state index is -1.10. The van der Waals surface area contributed by atoms with Gasteiger partial charge in [0.05, 0.1) is 19.3 Å². The number of rotatable bonds is 14. The van der Waals surface area contributed by atoms with E-state index >= 15 is 0 Å². The van der Waals surface area contributed by atoms with Gasteiger partial charge in [-0.15, -0.1) is 0 Å². The molecule has 0 radical (unpaired) electrons. The second-order valence-corrected chi connectivity index (χ2v) is 5.47. The molecule has 2 atom stereocenters. The number of likely N-dealkylation sites (N-methyl/N-ethyl adjacent to an activating group) is 1. The smallest absolute Gasteiger partial charge is 0.323 e. The summed E-state index contributed by atoms with van der Waals surface area (Å²) in [5.41, 5.74) is 0. The number of aliphatic hydroxyl groups is 2. The molecule has 0 saturated carbocycles. The van der Waals surface area contributed by atoms with Gasteiger partial charge in [-0.1, -0.05) is 39.0 Å². The van der Waals surface area contributed by atoms with Crippen LogP contribution in [0.1, 0.15) is 45.4 Å². The fraction of sp³-hybridized carbons (Fsp3) is 0.933. The fourth-order valence-corrected chi connectivity index (χ4v) is 2.12. The van der Waals surface area contributed by atoms with E-state index in [4.69, 9.17) is 14.9 Å². The average Bonchev–Trinajstić information content (AvgIpc) is 2.42. The molecule has 0 heterocycles. The predicted molar refractivity (Wildman–Crippen MR) is 81.3 cm³/mol. The maximum Gasteiger partial charge on any atom is 0.323 e. The van der Waals surface area contributed by atoms with E-state index in [0.29, 0.717) is 6.61 Å². The zero-order valence-corrected chi connectivity index (χ0v) is 13.3. The summed E-state index contributed by atoms with van der Waals surface area (Å²) in [5.74, 6) is -1.10. The molecule has 0 saturated heterocycles. The highest BCUT2D eigenvalue weighted by atomic mass is 16.5. The topological polar surface area (TPSA) is 90.2 Å². The fourth-order valence-electron chi connectivity index (χ4n) is 2.12. The standard InChI is InChI=1S/C15H31NO5/c1-3-4-5-6-7-8-9-21-12-13(18)10-16(2)14(11-17)15(19)20/h13-14,17-18H,3-12H2,1-2H3,(H,19,20). The first-order valence-corrected chi connectivity index (χ1v) is 7.82. The van der Waals surface area contributed by atoms with Gasteiger partial charge in [-0.2, -0.15) is 0 Å². The number of ether oxygens (including phenoxy) is 1. The average molecular weight is 305 g/mol. The van der Waals surface area contributed by atoms with Crippen LogP contribution in [0.25, 0.3) is 0 Å². The first kappa shape index (κ1) is 20.3. The van der Waals surface area contributed by atoms with Gasteiger partial charge < -0.3 is 20.1 Å². The summed E-state index contributed by atoms with van der Waals surface area (Å²) in [4.78, 5) is 12.3. The molecule has 6 nitrogen and oxygen atoms in total. The molecule has 0 spiro atoms. The maximum atomic E-state index is 10.8. The van der Waals surface area contributed by atoms with Crippen molar-refractivity contribution in [1.82, 2.24) is 4.90 Å². The van der Waals surface area contributed by atoms with Gasteiger partial charge in [0, 0.05) is 13.2 Å². The number of nitrogens with zero attached hydrogens (tertiary/aromatic N) is 1. The van der Waals surface area contributed by atoms with Gasteiger partial charge in [0.1, 0.15) is 6.04 Å². The van der Waals surface area contributed by atoms with E-state index in [9.17, 15) is 9.90 Å². The molecule has 0 aliphatic carbocycles. The van der Waals surface area contributed by atoms with Crippen molar-refractivity contribution in [1.29, 1.82) is 0 Å². The van der Waals surface area contributed by atoms with Crippen LogP contribution in [0.5, 0.6) is 0 Å². The van der Waals surface area contributed by atoms with Crippen LogP contribution in [0.15, 0.2) is 0 Å². The Morgan fingerprint density at radius 3 is 2.38 bits per heavy atom. The molecule has 0 aromatic carbocycles. The van der Waals surface area contributed by atoms with E-state index in [1.54, 1.807) is 7.05 Å². The Balaban J connectivity index is 3.61. The SMILES string of the molecule is CCCCCCCCOCC(O)CN(C)C(CO)C(=O)O. The quantitative estimate of drug-likeness (QED) is 0.416. The molecule has 6 heteroatoms. The van der Waals surface area contributed by atoms with Crippen molar-refractivity contribution in [3.05, 3.63) is 0 Å². The minimum absolute atomic E-state index is 0.161. The number of aliphatic hydroxyl groups excluding tert-OH is 2. The van der Waals surface area contributed by atoms with Gasteiger partial charge >= 0.3 is 5.97 Å². The predicted octanol–water partition coefficient (Wildman–Crippen LogP) is 1.10. The number of hydrogen-bond donors (Lipinski definition) is 3. The molecule has 3 N–H and O–H groups in total. The number of carboxylic acid groups (broad SMARTS) is 1. The lowest BCUT2D eigenvalue weighted by molar-refractivity contribution is -0.144. The van der Waals surface area contributed by atoms with E-state index in [0.717, 1.165) is 12.8 Å². The highest BCUT2D eigenvalue weighted by Gasteiger charge is 2.23. The van der Waals surface area contributed by atoms with Crippen molar-refractivity contribution >= 4 is 5.97 Å². The van der Waals surface area contributed by atoms with Crippen molar-refractivity contribution in [2.75, 3.05) is 33.4 Å². The third-order valence-corrected chi connectivity index (χ3v) is 3.44. The van der Waals surface area contributed by atoms with E-state index in [1.807, 2.05) is 0 Å². The van der Waals surface area contributed by atoms with E-state index in [1.165, 1.54) is 30.6 Å². The van der Waals surface area contributed by atoms with Crippen LogP contribution in [0.2, 0.25) is 0 Å².